The van der Waals surface area contributed by atoms with Gasteiger partial charge in [-0.1, -0.05) is 60.7 Å². The van der Waals surface area contributed by atoms with E-state index in [1.54, 1.807) is 4.68 Å². The van der Waals surface area contributed by atoms with Crippen LogP contribution in [0.15, 0.2) is 91.0 Å². The number of anilines is 1. The van der Waals surface area contributed by atoms with E-state index in [1.807, 2.05) is 90.7 Å². The van der Waals surface area contributed by atoms with E-state index in [4.69, 9.17) is 0 Å². The van der Waals surface area contributed by atoms with Crippen molar-refractivity contribution in [3.8, 4) is 5.69 Å². The Hall–Kier alpha value is -4.19. The fourth-order valence-electron chi connectivity index (χ4n) is 3.86. The summed E-state index contributed by atoms with van der Waals surface area (Å²) in [5, 5.41) is 7.26. The van der Waals surface area contributed by atoms with E-state index in [2.05, 4.69) is 22.5 Å². The van der Waals surface area contributed by atoms with Crippen LogP contribution in [0.3, 0.4) is 0 Å². The molecule has 0 saturated heterocycles. The summed E-state index contributed by atoms with van der Waals surface area (Å²) in [6, 6.07) is 29.4. The van der Waals surface area contributed by atoms with Gasteiger partial charge in [-0.15, -0.1) is 0 Å². The number of nitrogens with zero attached hydrogens (tertiary/aromatic N) is 3. The number of nitrogens with one attached hydrogen (secondary N) is 1. The molecule has 1 heterocycles. The van der Waals surface area contributed by atoms with Crippen LogP contribution < -0.4 is 5.32 Å². The molecule has 0 aliphatic rings. The lowest BCUT2D eigenvalue weighted by Crippen LogP contribution is -2.32. The number of hydrogen-bond acceptors (Lipinski definition) is 3. The van der Waals surface area contributed by atoms with Gasteiger partial charge in [-0.25, -0.2) is 4.68 Å². The molecule has 0 aliphatic heterocycles. The number of rotatable bonds is 8. The largest absolute Gasteiger partial charge is 0.334 e. The molecule has 0 unspecified atom stereocenters. The van der Waals surface area contributed by atoms with Crippen LogP contribution in [0.2, 0.25) is 0 Å². The van der Waals surface area contributed by atoms with Crippen molar-refractivity contribution in [2.45, 2.75) is 26.8 Å². The van der Waals surface area contributed by atoms with Gasteiger partial charge in [0.2, 0.25) is 5.91 Å². The third kappa shape index (κ3) is 5.78. The van der Waals surface area contributed by atoms with Gasteiger partial charge in [0.25, 0.3) is 5.91 Å². The van der Waals surface area contributed by atoms with E-state index in [1.165, 1.54) is 12.5 Å². The van der Waals surface area contributed by atoms with Gasteiger partial charge in [-0.3, -0.25) is 9.59 Å². The molecule has 0 atom stereocenters. The zero-order valence-corrected chi connectivity index (χ0v) is 19.4. The molecule has 6 nitrogen and oxygen atoms in total. The van der Waals surface area contributed by atoms with Crippen molar-refractivity contribution in [1.82, 2.24) is 14.7 Å². The molecule has 2 amide bonds. The van der Waals surface area contributed by atoms with Crippen LogP contribution in [-0.2, 0) is 17.8 Å². The van der Waals surface area contributed by atoms with Crippen molar-refractivity contribution >= 4 is 17.6 Å². The molecule has 0 bridgehead atoms. The first kappa shape index (κ1) is 23.0. The number of carbonyl (C=O) groups excluding carboxylic acids is 2. The fourth-order valence-corrected chi connectivity index (χ4v) is 3.86. The van der Waals surface area contributed by atoms with Gasteiger partial charge >= 0.3 is 0 Å². The predicted octanol–water partition coefficient (Wildman–Crippen LogP) is 5.02. The third-order valence-electron chi connectivity index (χ3n) is 5.51. The molecule has 34 heavy (non-hydrogen) atoms. The Balaban J connectivity index is 1.55. The molecule has 4 aromatic rings. The van der Waals surface area contributed by atoms with Crippen LogP contribution in [0.1, 0.15) is 34.1 Å². The standard InChI is InChI=1S/C28H28N4O2/c1-21-19-27(29-22(2)33)32(30-21)26-15-13-25(14-16-26)28(34)31(20-24-11-7-4-8-12-24)18-17-23-9-5-3-6-10-23/h3-16,19H,17-18,20H2,1-2H3,(H,29,33). The van der Waals surface area contributed by atoms with E-state index in [9.17, 15) is 9.59 Å². The van der Waals surface area contributed by atoms with Gasteiger partial charge in [-0.2, -0.15) is 5.10 Å². The second kappa shape index (κ2) is 10.6. The highest BCUT2D eigenvalue weighted by atomic mass is 16.2. The number of amides is 2. The Morgan fingerprint density at radius 3 is 2.12 bits per heavy atom. The summed E-state index contributed by atoms with van der Waals surface area (Å²) in [5.41, 5.74) is 4.46. The van der Waals surface area contributed by atoms with Gasteiger partial charge in [0.05, 0.1) is 11.4 Å². The van der Waals surface area contributed by atoms with Crippen LogP contribution in [0.25, 0.3) is 5.69 Å². The van der Waals surface area contributed by atoms with E-state index >= 15 is 0 Å². The maximum atomic E-state index is 13.5. The molecule has 0 radical (unpaired) electrons. The Bertz CT molecular complexity index is 1250. The van der Waals surface area contributed by atoms with Crippen molar-refractivity contribution in [3.05, 3.63) is 113 Å². The van der Waals surface area contributed by atoms with Gasteiger partial charge in [0, 0.05) is 31.6 Å². The minimum absolute atomic E-state index is 0.0231. The SMILES string of the molecule is CC(=O)Nc1cc(C)nn1-c1ccc(C(=O)N(CCc2ccccc2)Cc2ccccc2)cc1. The molecular formula is C28H28N4O2. The summed E-state index contributed by atoms with van der Waals surface area (Å²) in [6.45, 7) is 4.49. The van der Waals surface area contributed by atoms with Gasteiger partial charge in [0.15, 0.2) is 0 Å². The van der Waals surface area contributed by atoms with Crippen LogP contribution >= 0.6 is 0 Å². The van der Waals surface area contributed by atoms with Gasteiger partial charge < -0.3 is 10.2 Å². The Labute approximate surface area is 199 Å². The lowest BCUT2D eigenvalue weighted by Gasteiger charge is -2.23. The monoisotopic (exact) mass is 452 g/mol. The first-order valence-corrected chi connectivity index (χ1v) is 11.3. The lowest BCUT2D eigenvalue weighted by atomic mass is 10.1. The van der Waals surface area contributed by atoms with E-state index in [0.29, 0.717) is 24.5 Å². The van der Waals surface area contributed by atoms with E-state index in [0.717, 1.165) is 23.4 Å². The highest BCUT2D eigenvalue weighted by Crippen LogP contribution is 2.19. The molecule has 0 fully saturated rings. The second-order valence-corrected chi connectivity index (χ2v) is 8.26. The number of hydrogen-bond donors (Lipinski definition) is 1. The number of aryl methyl sites for hydroxylation is 1. The highest BCUT2D eigenvalue weighted by Gasteiger charge is 2.17. The Morgan fingerprint density at radius 2 is 1.50 bits per heavy atom. The van der Waals surface area contributed by atoms with Crippen molar-refractivity contribution < 1.29 is 9.59 Å². The molecule has 0 spiro atoms. The van der Waals surface area contributed by atoms with Crippen LogP contribution in [0.5, 0.6) is 0 Å². The van der Waals surface area contributed by atoms with Crippen molar-refractivity contribution in [3.63, 3.8) is 0 Å². The molecule has 0 aliphatic carbocycles. The van der Waals surface area contributed by atoms with Crippen LogP contribution in [0.4, 0.5) is 5.82 Å². The normalized spacial score (nSPS) is 10.6. The van der Waals surface area contributed by atoms with Gasteiger partial charge in [0.1, 0.15) is 5.82 Å². The summed E-state index contributed by atoms with van der Waals surface area (Å²) >= 11 is 0. The van der Waals surface area contributed by atoms with E-state index < -0.39 is 0 Å². The first-order chi connectivity index (χ1) is 16.5. The molecule has 3 aromatic carbocycles. The fraction of sp³-hybridized carbons (Fsp3) is 0.179. The zero-order valence-electron chi connectivity index (χ0n) is 19.4. The molecule has 4 rings (SSSR count). The molecule has 1 N–H and O–H groups in total. The minimum Gasteiger partial charge on any atom is -0.334 e. The number of benzene rings is 3. The molecule has 6 heteroatoms. The average Bonchev–Trinajstić information content (AvgIpc) is 3.21. The highest BCUT2D eigenvalue weighted by molar-refractivity contribution is 5.94. The van der Waals surface area contributed by atoms with E-state index in [-0.39, 0.29) is 11.8 Å². The minimum atomic E-state index is -0.164. The van der Waals surface area contributed by atoms with Crippen LogP contribution in [-0.4, -0.2) is 33.0 Å². The maximum absolute atomic E-state index is 13.5. The lowest BCUT2D eigenvalue weighted by molar-refractivity contribution is -0.114. The van der Waals surface area contributed by atoms with Crippen molar-refractivity contribution in [1.29, 1.82) is 0 Å². The summed E-state index contributed by atoms with van der Waals surface area (Å²) < 4.78 is 1.67. The third-order valence-corrected chi connectivity index (χ3v) is 5.51. The smallest absolute Gasteiger partial charge is 0.254 e. The topological polar surface area (TPSA) is 67.2 Å². The zero-order chi connectivity index (χ0) is 23.9. The molecular weight excluding hydrogens is 424 g/mol. The Kier molecular flexibility index (Phi) is 7.18. The van der Waals surface area contributed by atoms with Crippen molar-refractivity contribution in [2.24, 2.45) is 0 Å². The average molecular weight is 453 g/mol. The Morgan fingerprint density at radius 1 is 0.882 bits per heavy atom. The molecule has 0 saturated carbocycles. The summed E-state index contributed by atoms with van der Waals surface area (Å²) in [7, 11) is 0. The first-order valence-electron chi connectivity index (χ1n) is 11.3. The van der Waals surface area contributed by atoms with Gasteiger partial charge in [-0.05, 0) is 48.7 Å². The number of aromatic nitrogens is 2. The quantitative estimate of drug-likeness (QED) is 0.408. The predicted molar refractivity (Wildman–Crippen MR) is 134 cm³/mol. The van der Waals surface area contributed by atoms with Crippen molar-refractivity contribution in [2.75, 3.05) is 11.9 Å². The maximum Gasteiger partial charge on any atom is 0.254 e. The van der Waals surface area contributed by atoms with Crippen LogP contribution in [0, 0.1) is 6.92 Å². The second-order valence-electron chi connectivity index (χ2n) is 8.26. The molecule has 172 valence electrons. The summed E-state index contributed by atoms with van der Waals surface area (Å²) in [4.78, 5) is 26.9. The summed E-state index contributed by atoms with van der Waals surface area (Å²) in [6.07, 6.45) is 0.782. The molecule has 1 aromatic heterocycles. The summed E-state index contributed by atoms with van der Waals surface area (Å²) in [5.74, 6) is 0.408. The number of carbonyl (C=O) groups is 2.